The van der Waals surface area contributed by atoms with Crippen LogP contribution >= 0.6 is 0 Å². The van der Waals surface area contributed by atoms with Gasteiger partial charge in [0.1, 0.15) is 21.9 Å². The third-order valence-electron chi connectivity index (χ3n) is 4.16. The van der Waals surface area contributed by atoms with E-state index in [1.165, 1.54) is 23.9 Å². The maximum Gasteiger partial charge on any atom is 0.255 e. The first-order chi connectivity index (χ1) is 12.5. The molecule has 4 nitrogen and oxygen atoms in total. The van der Waals surface area contributed by atoms with E-state index in [9.17, 15) is 18.1 Å². The summed E-state index contributed by atoms with van der Waals surface area (Å²) < 4.78 is 45.1. The molecular weight excluding hydrogens is 370 g/mol. The standard InChI is InChI=1S/C20H22F2N2O2S/c1-6-11-20(23-27(26)19(2,3)4,15-8-7-12-24(5)18(15)25)16-13-14(21)9-10-17(16)22/h1,7-10,12-13,23H,11H2,2-5H3. The lowest BCUT2D eigenvalue weighted by atomic mass is 9.81. The van der Waals surface area contributed by atoms with Crippen molar-refractivity contribution in [3.8, 4) is 12.3 Å². The Balaban J connectivity index is 2.87. The average Bonchev–Trinajstić information content (AvgIpc) is 2.58. The predicted molar refractivity (Wildman–Crippen MR) is 103 cm³/mol. The molecule has 1 aromatic carbocycles. The summed E-state index contributed by atoms with van der Waals surface area (Å²) in [4.78, 5) is 12.8. The third kappa shape index (κ3) is 4.24. The molecule has 0 radical (unpaired) electrons. The van der Waals surface area contributed by atoms with Crippen molar-refractivity contribution in [1.29, 1.82) is 0 Å². The van der Waals surface area contributed by atoms with Gasteiger partial charge in [-0.25, -0.2) is 8.78 Å². The van der Waals surface area contributed by atoms with Crippen LogP contribution in [0, 0.1) is 24.0 Å². The van der Waals surface area contributed by atoms with Crippen LogP contribution < -0.4 is 10.3 Å². The number of aromatic nitrogens is 1. The topological polar surface area (TPSA) is 57.1 Å². The Morgan fingerprint density at radius 2 is 1.93 bits per heavy atom. The van der Waals surface area contributed by atoms with Gasteiger partial charge in [0.25, 0.3) is 5.56 Å². The molecule has 1 aromatic heterocycles. The number of halogens is 2. The summed E-state index contributed by atoms with van der Waals surface area (Å²) >= 11 is -1.72. The van der Waals surface area contributed by atoms with Gasteiger partial charge in [-0.1, -0.05) is 0 Å². The minimum absolute atomic E-state index is 0.0903. The molecule has 2 atom stereocenters. The molecule has 2 unspecified atom stereocenters. The quantitative estimate of drug-likeness (QED) is 0.629. The maximum atomic E-state index is 14.8. The molecule has 1 N–H and O–H groups in total. The molecule has 0 aliphatic rings. The van der Waals surface area contributed by atoms with Crippen molar-refractivity contribution in [2.75, 3.05) is 0 Å². The van der Waals surface area contributed by atoms with Gasteiger partial charge in [0.05, 0.1) is 0 Å². The van der Waals surface area contributed by atoms with Crippen LogP contribution in [-0.4, -0.2) is 13.9 Å². The zero-order valence-electron chi connectivity index (χ0n) is 15.7. The fraction of sp³-hybridized carbons (Fsp3) is 0.350. The van der Waals surface area contributed by atoms with Crippen LogP contribution in [0.2, 0.25) is 0 Å². The zero-order valence-corrected chi connectivity index (χ0v) is 16.5. The Morgan fingerprint density at radius 3 is 2.52 bits per heavy atom. The van der Waals surface area contributed by atoms with Crippen molar-refractivity contribution in [2.45, 2.75) is 37.5 Å². The highest BCUT2D eigenvalue weighted by Crippen LogP contribution is 2.35. The van der Waals surface area contributed by atoms with Crippen molar-refractivity contribution in [3.05, 3.63) is 69.6 Å². The molecule has 0 saturated heterocycles. The minimum atomic E-state index is -1.72. The van der Waals surface area contributed by atoms with E-state index < -0.39 is 38.8 Å². The van der Waals surface area contributed by atoms with Crippen LogP contribution in [0.25, 0.3) is 0 Å². The summed E-state index contributed by atoms with van der Waals surface area (Å²) in [5.41, 5.74) is -2.18. The molecule has 144 valence electrons. The van der Waals surface area contributed by atoms with Gasteiger partial charge in [0, 0.05) is 42.2 Å². The highest BCUT2D eigenvalue weighted by molar-refractivity contribution is 7.90. The molecular formula is C20H22F2N2O2S. The SMILES string of the molecule is C#CCC(N[S+]([O-])C(C)(C)C)(c1cc(F)ccc1F)c1cccn(C)c1=O. The predicted octanol–water partition coefficient (Wildman–Crippen LogP) is 2.98. The molecule has 0 amide bonds. The molecule has 1 heterocycles. The summed E-state index contributed by atoms with van der Waals surface area (Å²) in [6.07, 6.45) is 6.87. The third-order valence-corrected chi connectivity index (χ3v) is 5.81. The molecule has 0 spiro atoms. The Kier molecular flexibility index (Phi) is 6.15. The van der Waals surface area contributed by atoms with E-state index in [0.717, 1.165) is 18.2 Å². The van der Waals surface area contributed by atoms with Crippen LogP contribution in [0.1, 0.15) is 38.3 Å². The Labute approximate surface area is 160 Å². The molecule has 27 heavy (non-hydrogen) atoms. The smallest absolute Gasteiger partial charge is 0.255 e. The van der Waals surface area contributed by atoms with Gasteiger partial charge >= 0.3 is 0 Å². The molecule has 0 saturated carbocycles. The lowest BCUT2D eigenvalue weighted by Crippen LogP contribution is -2.54. The van der Waals surface area contributed by atoms with E-state index in [1.807, 2.05) is 0 Å². The van der Waals surface area contributed by atoms with Crippen molar-refractivity contribution < 1.29 is 13.3 Å². The first kappa shape index (κ1) is 21.2. The summed E-state index contributed by atoms with van der Waals surface area (Å²) in [6, 6.07) is 6.00. The number of nitrogens with one attached hydrogen (secondary N) is 1. The Morgan fingerprint density at radius 1 is 1.26 bits per heavy atom. The van der Waals surface area contributed by atoms with Crippen LogP contribution in [-0.2, 0) is 23.9 Å². The number of pyridine rings is 1. The van der Waals surface area contributed by atoms with Crippen molar-refractivity contribution >= 4 is 11.4 Å². The van der Waals surface area contributed by atoms with Gasteiger partial charge < -0.3 is 9.12 Å². The summed E-state index contributed by atoms with van der Waals surface area (Å²) in [5.74, 6) is 0.977. The van der Waals surface area contributed by atoms with Crippen molar-refractivity contribution in [2.24, 2.45) is 7.05 Å². The van der Waals surface area contributed by atoms with Crippen molar-refractivity contribution in [1.82, 2.24) is 9.29 Å². The Hall–Kier alpha value is -2.14. The van der Waals surface area contributed by atoms with Gasteiger partial charge in [-0.15, -0.1) is 17.1 Å². The van der Waals surface area contributed by atoms with Gasteiger partial charge in [-0.05, 0) is 51.1 Å². The average molecular weight is 392 g/mol. The molecule has 0 aliphatic carbocycles. The van der Waals surface area contributed by atoms with E-state index in [2.05, 4.69) is 10.6 Å². The van der Waals surface area contributed by atoms with E-state index in [4.69, 9.17) is 6.42 Å². The largest absolute Gasteiger partial charge is 0.598 e. The second-order valence-electron chi connectivity index (χ2n) is 7.23. The van der Waals surface area contributed by atoms with Crippen LogP contribution in [0.5, 0.6) is 0 Å². The fourth-order valence-electron chi connectivity index (χ4n) is 2.69. The number of nitrogens with zero attached hydrogens (tertiary/aromatic N) is 1. The van der Waals surface area contributed by atoms with Gasteiger partial charge in [-0.3, -0.25) is 4.79 Å². The lowest BCUT2D eigenvalue weighted by molar-refractivity contribution is 0.430. The first-order valence-electron chi connectivity index (χ1n) is 8.28. The molecule has 0 aliphatic heterocycles. The monoisotopic (exact) mass is 392 g/mol. The normalized spacial score (nSPS) is 15.0. The highest BCUT2D eigenvalue weighted by atomic mass is 32.2. The maximum absolute atomic E-state index is 14.8. The fourth-order valence-corrected chi connectivity index (χ4v) is 3.61. The van der Waals surface area contributed by atoms with Crippen LogP contribution in [0.15, 0.2) is 41.3 Å². The molecule has 2 aromatic rings. The molecule has 0 fully saturated rings. The molecule has 7 heteroatoms. The van der Waals surface area contributed by atoms with Crippen molar-refractivity contribution in [3.63, 3.8) is 0 Å². The van der Waals surface area contributed by atoms with Crippen LogP contribution in [0.4, 0.5) is 8.78 Å². The number of terminal acetylenes is 1. The van der Waals surface area contributed by atoms with E-state index >= 15 is 0 Å². The number of benzene rings is 1. The molecule has 0 bridgehead atoms. The summed E-state index contributed by atoms with van der Waals surface area (Å²) in [7, 11) is 1.54. The van der Waals surface area contributed by atoms with Gasteiger partial charge in [0.2, 0.25) is 0 Å². The number of aryl methyl sites for hydroxylation is 1. The number of hydrogen-bond acceptors (Lipinski definition) is 3. The summed E-state index contributed by atoms with van der Waals surface area (Å²) in [5, 5.41) is 0. The Bertz CT molecular complexity index is 931. The lowest BCUT2D eigenvalue weighted by Gasteiger charge is -2.37. The highest BCUT2D eigenvalue weighted by Gasteiger charge is 2.45. The van der Waals surface area contributed by atoms with Gasteiger partial charge in [0.15, 0.2) is 0 Å². The van der Waals surface area contributed by atoms with Crippen LogP contribution in [0.3, 0.4) is 0 Å². The van der Waals surface area contributed by atoms with E-state index in [1.54, 1.807) is 26.8 Å². The number of rotatable bonds is 5. The van der Waals surface area contributed by atoms with E-state index in [0.29, 0.717) is 0 Å². The molecule has 2 rings (SSSR count). The number of hydrogen-bond donors (Lipinski definition) is 1. The first-order valence-corrected chi connectivity index (χ1v) is 9.43. The second kappa shape index (κ2) is 7.85. The summed E-state index contributed by atoms with van der Waals surface area (Å²) in [6.45, 7) is 5.17. The van der Waals surface area contributed by atoms with Gasteiger partial charge in [-0.2, -0.15) is 0 Å². The second-order valence-corrected chi connectivity index (χ2v) is 9.20. The minimum Gasteiger partial charge on any atom is -0.598 e. The van der Waals surface area contributed by atoms with E-state index in [-0.39, 0.29) is 17.5 Å². The zero-order chi connectivity index (χ0) is 20.4.